The molecule has 1 saturated heterocycles. The Kier molecular flexibility index (Phi) is 2.54. The van der Waals surface area contributed by atoms with E-state index in [0.29, 0.717) is 0 Å². The fraction of sp³-hybridized carbons (Fsp3) is 0.500. The van der Waals surface area contributed by atoms with Crippen LogP contribution in [-0.4, -0.2) is 22.0 Å². The first-order valence-electron chi connectivity index (χ1n) is 5.40. The maximum Gasteiger partial charge on any atom is 0.162 e. The summed E-state index contributed by atoms with van der Waals surface area (Å²) in [6, 6.07) is 10.2. The Labute approximate surface area is 90.7 Å². The number of quaternary nitrogens is 1. The minimum absolute atomic E-state index is 0.00944. The van der Waals surface area contributed by atoms with Crippen LogP contribution in [0.4, 0.5) is 0 Å². The zero-order valence-corrected chi connectivity index (χ0v) is 9.51. The Morgan fingerprint density at radius 1 is 1.27 bits per heavy atom. The van der Waals surface area contributed by atoms with E-state index >= 15 is 0 Å². The Balaban J connectivity index is 2.36. The van der Waals surface area contributed by atoms with Crippen molar-refractivity contribution in [2.45, 2.75) is 38.5 Å². The van der Waals surface area contributed by atoms with E-state index in [9.17, 15) is 5.21 Å². The van der Waals surface area contributed by atoms with E-state index < -0.39 is 0 Å². The number of nitrogens with zero attached hydrogens (tertiary/aromatic N) is 1. The van der Waals surface area contributed by atoms with Gasteiger partial charge in [0.25, 0.3) is 0 Å². The predicted octanol–water partition coefficient (Wildman–Crippen LogP) is 1.12. The van der Waals surface area contributed by atoms with Gasteiger partial charge in [-0.15, -0.1) is 5.06 Å². The highest BCUT2D eigenvalue weighted by molar-refractivity contribution is 5.21. The van der Waals surface area contributed by atoms with Crippen molar-refractivity contribution in [3.05, 3.63) is 35.9 Å². The van der Waals surface area contributed by atoms with E-state index in [1.807, 2.05) is 25.1 Å². The maximum atomic E-state index is 10.0. The largest absolute Gasteiger partial charge is 0.324 e. The summed E-state index contributed by atoms with van der Waals surface area (Å²) in [6.45, 7) is 6.35. The topological polar surface area (TPSA) is 40.1 Å². The number of hydrogen-bond acceptors (Lipinski definition) is 2. The quantitative estimate of drug-likeness (QED) is 0.724. The van der Waals surface area contributed by atoms with Crippen molar-refractivity contribution in [2.75, 3.05) is 0 Å². The molecule has 0 aromatic heterocycles. The molecular weight excluding hydrogens is 188 g/mol. The molecule has 1 heterocycles. The van der Waals surface area contributed by atoms with E-state index in [4.69, 9.17) is 0 Å². The second-order valence-corrected chi connectivity index (χ2v) is 4.92. The number of hydroxylamine groups is 2. The zero-order valence-electron chi connectivity index (χ0n) is 9.51. The number of nitrogens with two attached hydrogens (primary N) is 1. The first-order valence-corrected chi connectivity index (χ1v) is 5.40. The van der Waals surface area contributed by atoms with Crippen LogP contribution in [0.5, 0.6) is 0 Å². The number of rotatable bonds is 1. The molecule has 2 rings (SSSR count). The van der Waals surface area contributed by atoms with Crippen molar-refractivity contribution in [2.24, 2.45) is 0 Å². The molecule has 0 aliphatic carbocycles. The van der Waals surface area contributed by atoms with Gasteiger partial charge in [-0.1, -0.05) is 30.3 Å². The van der Waals surface area contributed by atoms with Gasteiger partial charge in [0, 0.05) is 6.92 Å². The monoisotopic (exact) mass is 207 g/mol. The summed E-state index contributed by atoms with van der Waals surface area (Å²) < 4.78 is 0. The van der Waals surface area contributed by atoms with Crippen LogP contribution in [0.1, 0.15) is 32.4 Å². The normalized spacial score (nSPS) is 30.7. The minimum atomic E-state index is 0.00944. The van der Waals surface area contributed by atoms with Crippen LogP contribution in [0.15, 0.2) is 30.3 Å². The van der Waals surface area contributed by atoms with Crippen molar-refractivity contribution in [3.63, 3.8) is 0 Å². The van der Waals surface area contributed by atoms with Gasteiger partial charge < -0.3 is 10.5 Å². The van der Waals surface area contributed by atoms with Gasteiger partial charge in [-0.25, -0.2) is 0 Å². The summed E-state index contributed by atoms with van der Waals surface area (Å²) in [5.41, 5.74) is 1.18. The number of hydrogen-bond donors (Lipinski definition) is 2. The Morgan fingerprint density at radius 3 is 2.33 bits per heavy atom. The summed E-state index contributed by atoms with van der Waals surface area (Å²) >= 11 is 0. The standard InChI is InChI=1S/C12H18N2O/c1-9-13-12(2,3)11(14(9)15)10-7-5-4-6-8-10/h4-9,11,13,15H,1-3H3/p+1. The average molecular weight is 207 g/mol. The molecule has 3 heteroatoms. The lowest BCUT2D eigenvalue weighted by Gasteiger charge is -2.25. The summed E-state index contributed by atoms with van der Waals surface area (Å²) in [7, 11) is 0. The van der Waals surface area contributed by atoms with E-state index in [1.54, 1.807) is 0 Å². The molecule has 82 valence electrons. The van der Waals surface area contributed by atoms with Gasteiger partial charge in [0.15, 0.2) is 6.17 Å². The minimum Gasteiger partial charge on any atom is -0.324 e. The zero-order chi connectivity index (χ0) is 11.1. The molecule has 0 spiro atoms. The molecule has 0 saturated carbocycles. The molecule has 0 bridgehead atoms. The molecule has 1 aliphatic rings. The predicted molar refractivity (Wildman–Crippen MR) is 58.3 cm³/mol. The van der Waals surface area contributed by atoms with Crippen LogP contribution < -0.4 is 5.32 Å². The van der Waals surface area contributed by atoms with Crippen LogP contribution in [0, 0.1) is 0 Å². The lowest BCUT2D eigenvalue weighted by atomic mass is 9.90. The highest BCUT2D eigenvalue weighted by Gasteiger charge is 2.48. The molecule has 3 N–H and O–H groups in total. The third-order valence-electron chi connectivity index (χ3n) is 3.17. The van der Waals surface area contributed by atoms with E-state index in [-0.39, 0.29) is 17.7 Å². The third kappa shape index (κ3) is 1.78. The molecule has 0 amide bonds. The van der Waals surface area contributed by atoms with Crippen molar-refractivity contribution in [1.29, 1.82) is 0 Å². The third-order valence-corrected chi connectivity index (χ3v) is 3.17. The van der Waals surface area contributed by atoms with Gasteiger partial charge in [-0.2, -0.15) is 0 Å². The molecule has 1 aromatic rings. The van der Waals surface area contributed by atoms with Crippen molar-refractivity contribution >= 4 is 0 Å². The van der Waals surface area contributed by atoms with Gasteiger partial charge in [0.1, 0.15) is 11.6 Å². The van der Waals surface area contributed by atoms with Crippen LogP contribution in [0.3, 0.4) is 0 Å². The summed E-state index contributed by atoms with van der Waals surface area (Å²) in [4.78, 5) is 0. The van der Waals surface area contributed by atoms with Crippen molar-refractivity contribution in [3.8, 4) is 0 Å². The Hall–Kier alpha value is -0.900. The SMILES string of the molecule is CC1[NH2+]C(C)(C)C(c2ccccc2)N1O. The van der Waals surface area contributed by atoms with E-state index in [0.717, 1.165) is 0 Å². The number of benzene rings is 1. The highest BCUT2D eigenvalue weighted by atomic mass is 16.5. The molecular formula is C12H19N2O+. The fourth-order valence-corrected chi connectivity index (χ4v) is 2.58. The fourth-order valence-electron chi connectivity index (χ4n) is 2.58. The first kappa shape index (κ1) is 10.6. The second kappa shape index (κ2) is 3.59. The first-order chi connectivity index (χ1) is 7.02. The van der Waals surface area contributed by atoms with Crippen LogP contribution >= 0.6 is 0 Å². The van der Waals surface area contributed by atoms with E-state index in [2.05, 4.69) is 31.3 Å². The van der Waals surface area contributed by atoms with Gasteiger partial charge >= 0.3 is 0 Å². The van der Waals surface area contributed by atoms with Gasteiger partial charge in [-0.3, -0.25) is 0 Å². The van der Waals surface area contributed by atoms with Gasteiger partial charge in [0.05, 0.1) is 0 Å². The second-order valence-electron chi connectivity index (χ2n) is 4.92. The molecule has 2 atom stereocenters. The molecule has 1 aromatic carbocycles. The molecule has 0 radical (unpaired) electrons. The van der Waals surface area contributed by atoms with E-state index in [1.165, 1.54) is 10.6 Å². The van der Waals surface area contributed by atoms with Gasteiger partial charge in [0.2, 0.25) is 0 Å². The molecule has 15 heavy (non-hydrogen) atoms. The van der Waals surface area contributed by atoms with Crippen molar-refractivity contribution < 1.29 is 10.5 Å². The smallest absolute Gasteiger partial charge is 0.162 e. The lowest BCUT2D eigenvalue weighted by molar-refractivity contribution is -0.739. The summed E-state index contributed by atoms with van der Waals surface area (Å²) in [5.74, 6) is 0. The maximum absolute atomic E-state index is 10.0. The molecule has 3 nitrogen and oxygen atoms in total. The summed E-state index contributed by atoms with van der Waals surface area (Å²) in [5, 5.41) is 13.7. The average Bonchev–Trinajstić information content (AvgIpc) is 2.37. The summed E-state index contributed by atoms with van der Waals surface area (Å²) in [6.07, 6.45) is 0.116. The molecule has 1 fully saturated rings. The lowest BCUT2D eigenvalue weighted by Crippen LogP contribution is -2.96. The Bertz CT molecular complexity index is 337. The Morgan fingerprint density at radius 2 is 1.87 bits per heavy atom. The van der Waals surface area contributed by atoms with Crippen LogP contribution in [0.2, 0.25) is 0 Å². The van der Waals surface area contributed by atoms with Crippen LogP contribution in [-0.2, 0) is 0 Å². The molecule has 2 unspecified atom stereocenters. The van der Waals surface area contributed by atoms with Crippen LogP contribution in [0.25, 0.3) is 0 Å². The molecule has 1 aliphatic heterocycles. The highest BCUT2D eigenvalue weighted by Crippen LogP contribution is 2.32. The van der Waals surface area contributed by atoms with Gasteiger partial charge in [-0.05, 0) is 19.4 Å². The van der Waals surface area contributed by atoms with Crippen molar-refractivity contribution in [1.82, 2.24) is 5.06 Å².